The number of amides is 1. The first-order valence-electron chi connectivity index (χ1n) is 11.3. The largest absolute Gasteiger partial charge is 0.507 e. The lowest BCUT2D eigenvalue weighted by atomic mass is 9.94. The standard InChI is InChI=1S/C25H27N3O7/c1-16-15-18(5-8-20(16)34-2)23(29)21-22(17-3-6-19(7-4-17)28(32)33)27(25(31)24(21)30)10-9-26-11-13-35-14-12-26/h3-8,15,22,29H,9-14H2,1-2H3/b23-21+/t22-/m1/s1. The molecule has 0 bridgehead atoms. The Kier molecular flexibility index (Phi) is 7.13. The number of methoxy groups -OCH3 is 1. The van der Waals surface area contributed by atoms with Crippen LogP contribution in [0, 0.1) is 17.0 Å². The van der Waals surface area contributed by atoms with E-state index >= 15 is 0 Å². The van der Waals surface area contributed by atoms with Crippen molar-refractivity contribution in [3.63, 3.8) is 0 Å². The highest BCUT2D eigenvalue weighted by Crippen LogP contribution is 2.40. The summed E-state index contributed by atoms with van der Waals surface area (Å²) in [6, 6.07) is 9.80. The van der Waals surface area contributed by atoms with Gasteiger partial charge in [0.1, 0.15) is 11.5 Å². The van der Waals surface area contributed by atoms with E-state index in [1.165, 1.54) is 36.3 Å². The van der Waals surface area contributed by atoms with Crippen LogP contribution >= 0.6 is 0 Å². The zero-order valence-corrected chi connectivity index (χ0v) is 19.6. The summed E-state index contributed by atoms with van der Waals surface area (Å²) in [6.45, 7) is 5.23. The third kappa shape index (κ3) is 4.89. The number of ketones is 1. The second-order valence-corrected chi connectivity index (χ2v) is 8.48. The van der Waals surface area contributed by atoms with Crippen LogP contribution in [0.1, 0.15) is 22.7 Å². The minimum absolute atomic E-state index is 0.0459. The number of carbonyl (C=O) groups excluding carboxylic acids is 2. The van der Waals surface area contributed by atoms with Gasteiger partial charge >= 0.3 is 0 Å². The third-order valence-electron chi connectivity index (χ3n) is 6.39. The number of carbonyl (C=O) groups is 2. The molecular weight excluding hydrogens is 454 g/mol. The van der Waals surface area contributed by atoms with Gasteiger partial charge in [0.25, 0.3) is 17.4 Å². The normalized spacial score (nSPS) is 20.3. The fourth-order valence-electron chi connectivity index (χ4n) is 4.49. The zero-order chi connectivity index (χ0) is 25.1. The monoisotopic (exact) mass is 481 g/mol. The highest BCUT2D eigenvalue weighted by molar-refractivity contribution is 6.46. The Balaban J connectivity index is 1.76. The van der Waals surface area contributed by atoms with Gasteiger partial charge in [-0.2, -0.15) is 0 Å². The molecule has 2 aliphatic heterocycles. The Hall–Kier alpha value is -3.76. The maximum atomic E-state index is 13.2. The van der Waals surface area contributed by atoms with Gasteiger partial charge in [-0.15, -0.1) is 0 Å². The van der Waals surface area contributed by atoms with Gasteiger partial charge in [-0.05, 0) is 48.4 Å². The minimum atomic E-state index is -0.876. The number of morpholine rings is 1. The number of hydrogen-bond donors (Lipinski definition) is 1. The summed E-state index contributed by atoms with van der Waals surface area (Å²) in [7, 11) is 1.54. The van der Waals surface area contributed by atoms with Crippen LogP contribution in [0.3, 0.4) is 0 Å². The Morgan fingerprint density at radius 2 is 1.83 bits per heavy atom. The summed E-state index contributed by atoms with van der Waals surface area (Å²) < 4.78 is 10.6. The molecule has 2 aromatic carbocycles. The Morgan fingerprint density at radius 3 is 2.43 bits per heavy atom. The second-order valence-electron chi connectivity index (χ2n) is 8.48. The Morgan fingerprint density at radius 1 is 1.14 bits per heavy atom. The number of aliphatic hydroxyl groups is 1. The minimum Gasteiger partial charge on any atom is -0.507 e. The third-order valence-corrected chi connectivity index (χ3v) is 6.39. The maximum absolute atomic E-state index is 13.2. The van der Waals surface area contributed by atoms with E-state index in [4.69, 9.17) is 9.47 Å². The maximum Gasteiger partial charge on any atom is 0.295 e. The summed E-state index contributed by atoms with van der Waals surface area (Å²) in [5.74, 6) is -1.18. The fraction of sp³-hybridized carbons (Fsp3) is 0.360. The first-order valence-corrected chi connectivity index (χ1v) is 11.3. The number of aliphatic hydroxyl groups excluding tert-OH is 1. The van der Waals surface area contributed by atoms with E-state index in [1.54, 1.807) is 18.2 Å². The van der Waals surface area contributed by atoms with Crippen molar-refractivity contribution in [1.29, 1.82) is 0 Å². The number of Topliss-reactive ketones (excluding diaryl/α,β-unsaturated/α-hetero) is 1. The van der Waals surface area contributed by atoms with E-state index < -0.39 is 22.7 Å². The second kappa shape index (κ2) is 10.2. The molecule has 35 heavy (non-hydrogen) atoms. The SMILES string of the molecule is COc1ccc(/C(O)=C2\C(=O)C(=O)N(CCN3CCOCC3)[C@@H]2c2ccc([N+](=O)[O-])cc2)cc1C. The molecule has 4 rings (SSSR count). The van der Waals surface area contributed by atoms with Crippen LogP contribution in [-0.4, -0.2) is 78.0 Å². The number of benzene rings is 2. The van der Waals surface area contributed by atoms with Crippen LogP contribution < -0.4 is 4.74 Å². The van der Waals surface area contributed by atoms with Gasteiger partial charge in [0.05, 0.1) is 36.9 Å². The van der Waals surface area contributed by atoms with Crippen molar-refractivity contribution in [3.8, 4) is 5.75 Å². The smallest absolute Gasteiger partial charge is 0.295 e. The van der Waals surface area contributed by atoms with Crippen LogP contribution in [0.15, 0.2) is 48.0 Å². The van der Waals surface area contributed by atoms with E-state index in [0.29, 0.717) is 36.6 Å². The number of nitro benzene ring substituents is 1. The van der Waals surface area contributed by atoms with Crippen LogP contribution in [0.25, 0.3) is 5.76 Å². The van der Waals surface area contributed by atoms with Crippen molar-refractivity contribution in [1.82, 2.24) is 9.80 Å². The molecule has 1 atom stereocenters. The van der Waals surface area contributed by atoms with Gasteiger partial charge in [-0.1, -0.05) is 0 Å². The highest BCUT2D eigenvalue weighted by Gasteiger charge is 2.46. The van der Waals surface area contributed by atoms with Crippen molar-refractivity contribution in [2.45, 2.75) is 13.0 Å². The van der Waals surface area contributed by atoms with Gasteiger partial charge in [0.2, 0.25) is 0 Å². The van der Waals surface area contributed by atoms with E-state index in [9.17, 15) is 24.8 Å². The molecule has 0 aliphatic carbocycles. The molecule has 2 heterocycles. The van der Waals surface area contributed by atoms with Crippen molar-refractivity contribution in [2.75, 3.05) is 46.5 Å². The number of nitro groups is 1. The Bertz CT molecular complexity index is 1170. The molecule has 0 unspecified atom stereocenters. The molecule has 2 fully saturated rings. The molecule has 2 saturated heterocycles. The molecule has 10 nitrogen and oxygen atoms in total. The molecule has 0 aromatic heterocycles. The van der Waals surface area contributed by atoms with Gasteiger partial charge in [-0.3, -0.25) is 24.6 Å². The first kappa shape index (κ1) is 24.4. The van der Waals surface area contributed by atoms with E-state index in [1.807, 2.05) is 6.92 Å². The molecule has 1 amide bonds. The Labute approximate surface area is 202 Å². The summed E-state index contributed by atoms with van der Waals surface area (Å²) in [6.07, 6.45) is 0. The lowest BCUT2D eigenvalue weighted by Crippen LogP contribution is -2.42. The van der Waals surface area contributed by atoms with E-state index in [0.717, 1.165) is 18.7 Å². The van der Waals surface area contributed by atoms with Gasteiger partial charge < -0.3 is 19.5 Å². The lowest BCUT2D eigenvalue weighted by Gasteiger charge is -2.31. The van der Waals surface area contributed by atoms with Crippen LogP contribution in [0.4, 0.5) is 5.69 Å². The van der Waals surface area contributed by atoms with Crippen LogP contribution in [0.2, 0.25) is 0 Å². The predicted molar refractivity (Wildman–Crippen MR) is 127 cm³/mol. The molecule has 2 aliphatic rings. The molecule has 184 valence electrons. The summed E-state index contributed by atoms with van der Waals surface area (Å²) in [4.78, 5) is 40.5. The van der Waals surface area contributed by atoms with Gasteiger partial charge in [0, 0.05) is 43.9 Å². The number of rotatable bonds is 7. The summed E-state index contributed by atoms with van der Waals surface area (Å²) in [5.41, 5.74) is 1.48. The van der Waals surface area contributed by atoms with Crippen molar-refractivity contribution >= 4 is 23.1 Å². The zero-order valence-electron chi connectivity index (χ0n) is 19.6. The van der Waals surface area contributed by atoms with Crippen LogP contribution in [0.5, 0.6) is 5.75 Å². The van der Waals surface area contributed by atoms with Gasteiger partial charge in [-0.25, -0.2) is 0 Å². The topological polar surface area (TPSA) is 122 Å². The number of aryl methyl sites for hydroxylation is 1. The summed E-state index contributed by atoms with van der Waals surface area (Å²) in [5, 5.41) is 22.3. The molecule has 1 N–H and O–H groups in total. The molecular formula is C25H27N3O7. The molecule has 0 spiro atoms. The lowest BCUT2D eigenvalue weighted by molar-refractivity contribution is -0.384. The van der Waals surface area contributed by atoms with E-state index in [-0.39, 0.29) is 23.6 Å². The average Bonchev–Trinajstić information content (AvgIpc) is 3.12. The number of likely N-dealkylation sites (tertiary alicyclic amines) is 1. The van der Waals surface area contributed by atoms with Crippen molar-refractivity contribution in [2.24, 2.45) is 0 Å². The fourth-order valence-corrected chi connectivity index (χ4v) is 4.49. The quantitative estimate of drug-likeness (QED) is 0.211. The van der Waals surface area contributed by atoms with Gasteiger partial charge in [0.15, 0.2) is 0 Å². The number of non-ortho nitro benzene ring substituents is 1. The first-order chi connectivity index (χ1) is 16.8. The molecule has 10 heteroatoms. The number of nitrogens with zero attached hydrogens (tertiary/aromatic N) is 3. The van der Waals surface area contributed by atoms with Crippen LogP contribution in [-0.2, 0) is 14.3 Å². The molecule has 0 radical (unpaired) electrons. The van der Waals surface area contributed by atoms with Crippen molar-refractivity contribution in [3.05, 3.63) is 74.8 Å². The average molecular weight is 482 g/mol. The predicted octanol–water partition coefficient (Wildman–Crippen LogP) is 2.67. The number of hydrogen-bond acceptors (Lipinski definition) is 8. The molecule has 0 saturated carbocycles. The summed E-state index contributed by atoms with van der Waals surface area (Å²) >= 11 is 0. The molecule has 2 aromatic rings. The van der Waals surface area contributed by atoms with E-state index in [2.05, 4.69) is 4.90 Å². The highest BCUT2D eigenvalue weighted by atomic mass is 16.6. The van der Waals surface area contributed by atoms with Crippen molar-refractivity contribution < 1.29 is 29.1 Å². The number of ether oxygens (including phenoxy) is 2.